The van der Waals surface area contributed by atoms with Crippen molar-refractivity contribution in [2.24, 2.45) is 12.0 Å². The molecule has 7 nitrogen and oxygen atoms in total. The average Bonchev–Trinajstić information content (AvgIpc) is 3.12. The molecule has 1 saturated carbocycles. The summed E-state index contributed by atoms with van der Waals surface area (Å²) in [7, 11) is 3.77. The molecule has 1 unspecified atom stereocenters. The molecular formula is C19H34IN5O2. The van der Waals surface area contributed by atoms with E-state index in [4.69, 9.17) is 9.47 Å². The fourth-order valence-electron chi connectivity index (χ4n) is 3.74. The number of hydrogen-bond acceptors (Lipinski definition) is 4. The van der Waals surface area contributed by atoms with Crippen LogP contribution < -0.4 is 5.32 Å². The van der Waals surface area contributed by atoms with Gasteiger partial charge in [-0.2, -0.15) is 5.10 Å². The molecule has 1 N–H and O–H groups in total. The van der Waals surface area contributed by atoms with Crippen molar-refractivity contribution in [3.05, 3.63) is 18.0 Å². The molecule has 0 radical (unpaired) electrons. The summed E-state index contributed by atoms with van der Waals surface area (Å²) >= 11 is 0. The van der Waals surface area contributed by atoms with Gasteiger partial charge in [0.1, 0.15) is 6.10 Å². The minimum Gasteiger partial charge on any atom is -0.378 e. The Morgan fingerprint density at radius 2 is 2.19 bits per heavy atom. The summed E-state index contributed by atoms with van der Waals surface area (Å²) in [4.78, 5) is 6.71. The van der Waals surface area contributed by atoms with Gasteiger partial charge in [-0.3, -0.25) is 9.67 Å². The first-order chi connectivity index (χ1) is 12.8. The average molecular weight is 491 g/mol. The lowest BCUT2D eigenvalue weighted by Gasteiger charge is -2.34. The van der Waals surface area contributed by atoms with E-state index >= 15 is 0 Å². The van der Waals surface area contributed by atoms with Crippen molar-refractivity contribution in [1.82, 2.24) is 20.0 Å². The maximum absolute atomic E-state index is 6.00. The molecule has 27 heavy (non-hydrogen) atoms. The highest BCUT2D eigenvalue weighted by Crippen LogP contribution is 2.22. The first kappa shape index (κ1) is 22.4. The molecular weight excluding hydrogens is 457 g/mol. The highest BCUT2D eigenvalue weighted by atomic mass is 127. The van der Waals surface area contributed by atoms with Gasteiger partial charge in [0.2, 0.25) is 0 Å². The Bertz CT molecular complexity index is 574. The van der Waals surface area contributed by atoms with Gasteiger partial charge in [-0.05, 0) is 19.3 Å². The Labute approximate surface area is 179 Å². The molecule has 0 amide bonds. The Morgan fingerprint density at radius 1 is 1.37 bits per heavy atom. The zero-order valence-corrected chi connectivity index (χ0v) is 18.9. The Balaban J connectivity index is 0.00000261. The van der Waals surface area contributed by atoms with Gasteiger partial charge in [0.05, 0.1) is 25.5 Å². The number of halogens is 1. The SMILES string of the molecule is CN=C(NCCCOC1CCCCC1)N1CCOC(c2cnn(C)c2)C1.I. The molecule has 1 aliphatic carbocycles. The van der Waals surface area contributed by atoms with Crippen molar-refractivity contribution in [1.29, 1.82) is 0 Å². The number of morpholine rings is 1. The lowest BCUT2D eigenvalue weighted by molar-refractivity contribution is -0.00815. The van der Waals surface area contributed by atoms with E-state index in [1.807, 2.05) is 31.2 Å². The van der Waals surface area contributed by atoms with Crippen LogP contribution in [0.25, 0.3) is 0 Å². The largest absolute Gasteiger partial charge is 0.378 e. The summed E-state index contributed by atoms with van der Waals surface area (Å²) in [6.45, 7) is 4.06. The summed E-state index contributed by atoms with van der Waals surface area (Å²) in [5, 5.41) is 7.72. The molecule has 1 aliphatic heterocycles. The molecule has 1 atom stereocenters. The number of hydrogen-bond donors (Lipinski definition) is 1. The molecule has 1 aromatic rings. The summed E-state index contributed by atoms with van der Waals surface area (Å²) in [6.07, 6.45) is 11.9. The van der Waals surface area contributed by atoms with Gasteiger partial charge in [0.15, 0.2) is 5.96 Å². The zero-order valence-electron chi connectivity index (χ0n) is 16.6. The predicted octanol–water partition coefficient (Wildman–Crippen LogP) is 2.73. The Kier molecular flexibility index (Phi) is 9.84. The molecule has 2 heterocycles. The lowest BCUT2D eigenvalue weighted by Crippen LogP contribution is -2.48. The van der Waals surface area contributed by atoms with Gasteiger partial charge in [-0.25, -0.2) is 0 Å². The van der Waals surface area contributed by atoms with Crippen LogP contribution in [0.5, 0.6) is 0 Å². The quantitative estimate of drug-likeness (QED) is 0.287. The molecule has 154 valence electrons. The van der Waals surface area contributed by atoms with Gasteiger partial charge < -0.3 is 19.7 Å². The second-order valence-electron chi connectivity index (χ2n) is 7.21. The maximum Gasteiger partial charge on any atom is 0.193 e. The molecule has 0 spiro atoms. The van der Waals surface area contributed by atoms with E-state index in [9.17, 15) is 0 Å². The summed E-state index contributed by atoms with van der Waals surface area (Å²) in [5.74, 6) is 0.944. The molecule has 1 saturated heterocycles. The second kappa shape index (κ2) is 11.9. The predicted molar refractivity (Wildman–Crippen MR) is 118 cm³/mol. The van der Waals surface area contributed by atoms with Crippen LogP contribution in [0.1, 0.15) is 50.2 Å². The van der Waals surface area contributed by atoms with Gasteiger partial charge >= 0.3 is 0 Å². The maximum atomic E-state index is 6.00. The van der Waals surface area contributed by atoms with Crippen LogP contribution in [0.4, 0.5) is 0 Å². The van der Waals surface area contributed by atoms with Crippen molar-refractivity contribution in [2.45, 2.75) is 50.7 Å². The van der Waals surface area contributed by atoms with Gasteiger partial charge in [-0.15, -0.1) is 24.0 Å². The van der Waals surface area contributed by atoms with E-state index in [0.717, 1.165) is 44.2 Å². The van der Waals surface area contributed by atoms with Crippen molar-refractivity contribution in [3.63, 3.8) is 0 Å². The molecule has 1 aromatic heterocycles. The number of ether oxygens (including phenoxy) is 2. The first-order valence-electron chi connectivity index (χ1n) is 9.93. The van der Waals surface area contributed by atoms with Crippen LogP contribution in [0, 0.1) is 0 Å². The van der Waals surface area contributed by atoms with Gasteiger partial charge in [-0.1, -0.05) is 19.3 Å². The number of rotatable bonds is 6. The minimum atomic E-state index is 0. The van der Waals surface area contributed by atoms with Crippen LogP contribution in [-0.2, 0) is 16.5 Å². The number of nitrogens with zero attached hydrogens (tertiary/aromatic N) is 4. The molecule has 0 bridgehead atoms. The minimum absolute atomic E-state index is 0. The van der Waals surface area contributed by atoms with Crippen molar-refractivity contribution in [2.75, 3.05) is 39.9 Å². The fourth-order valence-corrected chi connectivity index (χ4v) is 3.74. The molecule has 8 heteroatoms. The third-order valence-corrected chi connectivity index (χ3v) is 5.18. The number of aliphatic imine (C=N–C) groups is 1. The van der Waals surface area contributed by atoms with E-state index < -0.39 is 0 Å². The van der Waals surface area contributed by atoms with Crippen LogP contribution >= 0.6 is 24.0 Å². The van der Waals surface area contributed by atoms with Crippen LogP contribution in [0.15, 0.2) is 17.4 Å². The number of nitrogens with one attached hydrogen (secondary N) is 1. The van der Waals surface area contributed by atoms with E-state index in [0.29, 0.717) is 12.7 Å². The molecule has 0 aromatic carbocycles. The smallest absolute Gasteiger partial charge is 0.193 e. The van der Waals surface area contributed by atoms with E-state index in [2.05, 4.69) is 20.3 Å². The molecule has 2 fully saturated rings. The van der Waals surface area contributed by atoms with E-state index in [-0.39, 0.29) is 30.1 Å². The fraction of sp³-hybridized carbons (Fsp3) is 0.789. The van der Waals surface area contributed by atoms with Gasteiger partial charge in [0, 0.05) is 45.6 Å². The highest BCUT2D eigenvalue weighted by molar-refractivity contribution is 14.0. The molecule has 3 rings (SSSR count). The monoisotopic (exact) mass is 491 g/mol. The van der Waals surface area contributed by atoms with E-state index in [1.54, 1.807) is 0 Å². The number of guanidine groups is 1. The molecule has 2 aliphatic rings. The summed E-state index contributed by atoms with van der Waals surface area (Å²) < 4.78 is 13.7. The standard InChI is InChI=1S/C19H33N5O2.HI/c1-20-19(21-9-6-11-25-17-7-4-3-5-8-17)24-10-12-26-18(15-24)16-13-22-23(2)14-16;/h13-14,17-18H,3-12,15H2,1-2H3,(H,20,21);1H. The normalized spacial score (nSPS) is 21.8. The van der Waals surface area contributed by atoms with E-state index in [1.165, 1.54) is 32.1 Å². The summed E-state index contributed by atoms with van der Waals surface area (Å²) in [6, 6.07) is 0. The zero-order chi connectivity index (χ0) is 18.2. The third kappa shape index (κ3) is 6.90. The Morgan fingerprint density at radius 3 is 2.89 bits per heavy atom. The van der Waals surface area contributed by atoms with Crippen molar-refractivity contribution >= 4 is 29.9 Å². The van der Waals surface area contributed by atoms with Crippen LogP contribution in [0.3, 0.4) is 0 Å². The lowest BCUT2D eigenvalue weighted by atomic mass is 9.98. The Hall–Kier alpha value is -0.870. The summed E-state index contributed by atoms with van der Waals surface area (Å²) in [5.41, 5.74) is 1.12. The third-order valence-electron chi connectivity index (χ3n) is 5.18. The van der Waals surface area contributed by atoms with Crippen LogP contribution in [-0.4, -0.2) is 66.6 Å². The van der Waals surface area contributed by atoms with Crippen molar-refractivity contribution in [3.8, 4) is 0 Å². The second-order valence-corrected chi connectivity index (χ2v) is 7.21. The van der Waals surface area contributed by atoms with Gasteiger partial charge in [0.25, 0.3) is 0 Å². The van der Waals surface area contributed by atoms with Crippen molar-refractivity contribution < 1.29 is 9.47 Å². The number of aryl methyl sites for hydroxylation is 1. The van der Waals surface area contributed by atoms with Crippen LogP contribution in [0.2, 0.25) is 0 Å². The number of aromatic nitrogens is 2. The topological polar surface area (TPSA) is 63.9 Å². The first-order valence-corrected chi connectivity index (χ1v) is 9.93. The highest BCUT2D eigenvalue weighted by Gasteiger charge is 2.25.